The summed E-state index contributed by atoms with van der Waals surface area (Å²) in [4.78, 5) is 12.7. The minimum absolute atomic E-state index is 0.275. The Morgan fingerprint density at radius 2 is 2.15 bits per heavy atom. The molecular formula is C18H23N3O3S2. The van der Waals surface area contributed by atoms with Crippen molar-refractivity contribution in [2.45, 2.75) is 36.6 Å². The van der Waals surface area contributed by atoms with E-state index >= 15 is 0 Å². The van der Waals surface area contributed by atoms with Gasteiger partial charge in [-0.05, 0) is 48.5 Å². The Labute approximate surface area is 158 Å². The molecule has 8 heteroatoms. The van der Waals surface area contributed by atoms with E-state index in [0.29, 0.717) is 25.1 Å². The summed E-state index contributed by atoms with van der Waals surface area (Å²) in [5.41, 5.74) is 1.75. The summed E-state index contributed by atoms with van der Waals surface area (Å²) in [6, 6.07) is 10.2. The van der Waals surface area contributed by atoms with Crippen molar-refractivity contribution < 1.29 is 13.2 Å². The number of carbonyl (C=O) groups excluding carboxylic acids is 1. The average Bonchev–Trinajstić information content (AvgIpc) is 3.32. The standard InChI is InChI=1S/C18H23N3O3S2/c1-2-19-13-14-6-3-7-15(12-14)20-18(22)16-8-4-10-21(16)26(23,24)17-9-5-11-25-17/h3,5-7,9,11-12,16,19H,2,4,8,10,13H2,1H3,(H,20,22). The van der Waals surface area contributed by atoms with E-state index in [1.54, 1.807) is 17.5 Å². The van der Waals surface area contributed by atoms with Gasteiger partial charge in [-0.2, -0.15) is 4.31 Å². The van der Waals surface area contributed by atoms with E-state index in [9.17, 15) is 13.2 Å². The number of anilines is 1. The van der Waals surface area contributed by atoms with Gasteiger partial charge in [-0.15, -0.1) is 11.3 Å². The Hall–Kier alpha value is -1.74. The van der Waals surface area contributed by atoms with Crippen LogP contribution in [0.1, 0.15) is 25.3 Å². The molecule has 0 saturated carbocycles. The lowest BCUT2D eigenvalue weighted by atomic mass is 10.1. The van der Waals surface area contributed by atoms with Gasteiger partial charge in [-0.1, -0.05) is 25.1 Å². The number of hydrogen-bond acceptors (Lipinski definition) is 5. The maximum Gasteiger partial charge on any atom is 0.253 e. The molecule has 1 aliphatic rings. The molecule has 3 rings (SSSR count). The molecule has 0 aliphatic carbocycles. The van der Waals surface area contributed by atoms with Gasteiger partial charge in [0.2, 0.25) is 5.91 Å². The fourth-order valence-electron chi connectivity index (χ4n) is 3.07. The average molecular weight is 394 g/mol. The highest BCUT2D eigenvalue weighted by Crippen LogP contribution is 2.29. The summed E-state index contributed by atoms with van der Waals surface area (Å²) in [7, 11) is -3.62. The second-order valence-corrected chi connectivity index (χ2v) is 9.24. The zero-order valence-electron chi connectivity index (χ0n) is 14.6. The molecule has 1 atom stereocenters. The predicted molar refractivity (Wildman–Crippen MR) is 104 cm³/mol. The molecule has 0 spiro atoms. The van der Waals surface area contributed by atoms with Gasteiger partial charge in [-0.25, -0.2) is 8.42 Å². The van der Waals surface area contributed by atoms with Crippen LogP contribution in [-0.2, 0) is 21.4 Å². The molecule has 1 saturated heterocycles. The Balaban J connectivity index is 1.73. The molecule has 26 heavy (non-hydrogen) atoms. The number of nitrogens with one attached hydrogen (secondary N) is 2. The maximum atomic E-state index is 12.8. The van der Waals surface area contributed by atoms with Gasteiger partial charge in [0.1, 0.15) is 10.3 Å². The highest BCUT2D eigenvalue weighted by atomic mass is 32.2. The number of sulfonamides is 1. The summed E-state index contributed by atoms with van der Waals surface area (Å²) < 4.78 is 27.2. The lowest BCUT2D eigenvalue weighted by Gasteiger charge is -2.22. The number of carbonyl (C=O) groups is 1. The number of hydrogen-bond donors (Lipinski definition) is 2. The number of amides is 1. The predicted octanol–water partition coefficient (Wildman–Crippen LogP) is 2.65. The first-order chi connectivity index (χ1) is 12.5. The van der Waals surface area contributed by atoms with Crippen LogP contribution in [0.4, 0.5) is 5.69 Å². The minimum Gasteiger partial charge on any atom is -0.325 e. The second-order valence-electron chi connectivity index (χ2n) is 6.18. The topological polar surface area (TPSA) is 78.5 Å². The van der Waals surface area contributed by atoms with E-state index in [2.05, 4.69) is 10.6 Å². The summed E-state index contributed by atoms with van der Waals surface area (Å²) >= 11 is 1.18. The van der Waals surface area contributed by atoms with Crippen LogP contribution in [-0.4, -0.2) is 37.8 Å². The number of thiophene rings is 1. The van der Waals surface area contributed by atoms with Crippen LogP contribution in [0.15, 0.2) is 46.0 Å². The molecular weight excluding hydrogens is 370 g/mol. The lowest BCUT2D eigenvalue weighted by Crippen LogP contribution is -2.42. The largest absolute Gasteiger partial charge is 0.325 e. The Morgan fingerprint density at radius 1 is 1.31 bits per heavy atom. The van der Waals surface area contributed by atoms with E-state index < -0.39 is 16.1 Å². The Bertz CT molecular complexity index is 850. The van der Waals surface area contributed by atoms with Gasteiger partial charge in [0.25, 0.3) is 10.0 Å². The van der Waals surface area contributed by atoms with Crippen LogP contribution in [0.2, 0.25) is 0 Å². The highest BCUT2D eigenvalue weighted by molar-refractivity contribution is 7.91. The molecule has 2 heterocycles. The zero-order valence-corrected chi connectivity index (χ0v) is 16.3. The van der Waals surface area contributed by atoms with Crippen molar-refractivity contribution in [3.8, 4) is 0 Å². The van der Waals surface area contributed by atoms with E-state index in [1.165, 1.54) is 15.6 Å². The van der Waals surface area contributed by atoms with E-state index in [-0.39, 0.29) is 10.1 Å². The van der Waals surface area contributed by atoms with Crippen molar-refractivity contribution in [2.24, 2.45) is 0 Å². The summed E-state index contributed by atoms with van der Waals surface area (Å²) in [5, 5.41) is 7.85. The van der Waals surface area contributed by atoms with Crippen molar-refractivity contribution in [3.05, 3.63) is 47.3 Å². The minimum atomic E-state index is -3.62. The first kappa shape index (κ1) is 19.0. The molecule has 6 nitrogen and oxygen atoms in total. The molecule has 140 valence electrons. The van der Waals surface area contributed by atoms with Crippen LogP contribution in [0.3, 0.4) is 0 Å². The third kappa shape index (κ3) is 4.15. The second kappa shape index (κ2) is 8.30. The van der Waals surface area contributed by atoms with Gasteiger partial charge in [0, 0.05) is 18.8 Å². The molecule has 1 aromatic heterocycles. The molecule has 0 radical (unpaired) electrons. The third-order valence-corrected chi connectivity index (χ3v) is 7.62. The molecule has 1 aromatic carbocycles. The lowest BCUT2D eigenvalue weighted by molar-refractivity contribution is -0.119. The molecule has 1 aliphatic heterocycles. The van der Waals surface area contributed by atoms with Crippen molar-refractivity contribution in [1.82, 2.24) is 9.62 Å². The van der Waals surface area contributed by atoms with Crippen molar-refractivity contribution in [3.63, 3.8) is 0 Å². The van der Waals surface area contributed by atoms with Crippen molar-refractivity contribution in [1.29, 1.82) is 0 Å². The number of rotatable bonds is 7. The maximum absolute atomic E-state index is 12.8. The van der Waals surface area contributed by atoms with Gasteiger partial charge in [0.15, 0.2) is 0 Å². The molecule has 2 N–H and O–H groups in total. The smallest absolute Gasteiger partial charge is 0.253 e. The first-order valence-electron chi connectivity index (χ1n) is 8.68. The normalized spacial score (nSPS) is 18.1. The highest BCUT2D eigenvalue weighted by Gasteiger charge is 2.39. The van der Waals surface area contributed by atoms with E-state index in [4.69, 9.17) is 0 Å². The zero-order chi connectivity index (χ0) is 18.6. The fraction of sp³-hybridized carbons (Fsp3) is 0.389. The fourth-order valence-corrected chi connectivity index (χ4v) is 5.85. The van der Waals surface area contributed by atoms with Gasteiger partial charge >= 0.3 is 0 Å². The van der Waals surface area contributed by atoms with Gasteiger partial charge in [0.05, 0.1) is 0 Å². The quantitative estimate of drug-likeness (QED) is 0.758. The van der Waals surface area contributed by atoms with Crippen LogP contribution in [0.25, 0.3) is 0 Å². The summed E-state index contributed by atoms with van der Waals surface area (Å²) in [6.45, 7) is 4.00. The Morgan fingerprint density at radius 3 is 2.88 bits per heavy atom. The number of benzene rings is 1. The number of nitrogens with zero attached hydrogens (tertiary/aromatic N) is 1. The molecule has 0 bridgehead atoms. The van der Waals surface area contributed by atoms with Crippen LogP contribution in [0.5, 0.6) is 0 Å². The summed E-state index contributed by atoms with van der Waals surface area (Å²) in [5.74, 6) is -0.275. The van der Waals surface area contributed by atoms with E-state index in [0.717, 1.165) is 18.7 Å². The van der Waals surface area contributed by atoms with Crippen LogP contribution < -0.4 is 10.6 Å². The molecule has 2 aromatic rings. The van der Waals surface area contributed by atoms with Crippen molar-refractivity contribution >= 4 is 33.0 Å². The van der Waals surface area contributed by atoms with Crippen LogP contribution >= 0.6 is 11.3 Å². The van der Waals surface area contributed by atoms with Gasteiger partial charge in [-0.3, -0.25) is 4.79 Å². The SMILES string of the molecule is CCNCc1cccc(NC(=O)C2CCCN2S(=O)(=O)c2cccs2)c1. The summed E-state index contributed by atoms with van der Waals surface area (Å²) in [6.07, 6.45) is 1.22. The monoisotopic (exact) mass is 393 g/mol. The van der Waals surface area contributed by atoms with Gasteiger partial charge < -0.3 is 10.6 Å². The van der Waals surface area contributed by atoms with E-state index in [1.807, 2.05) is 31.2 Å². The van der Waals surface area contributed by atoms with Crippen LogP contribution in [0, 0.1) is 0 Å². The Kier molecular flexibility index (Phi) is 6.08. The molecule has 1 fully saturated rings. The van der Waals surface area contributed by atoms with Crippen molar-refractivity contribution in [2.75, 3.05) is 18.4 Å². The molecule has 1 amide bonds. The third-order valence-electron chi connectivity index (χ3n) is 4.34. The first-order valence-corrected chi connectivity index (χ1v) is 11.0. The molecule has 1 unspecified atom stereocenters.